The van der Waals surface area contributed by atoms with Crippen LogP contribution in [0.3, 0.4) is 0 Å². The van der Waals surface area contributed by atoms with E-state index in [0.29, 0.717) is 13.1 Å². The molecular formula is C14H17F3N2O. The molecule has 3 nitrogen and oxygen atoms in total. The van der Waals surface area contributed by atoms with E-state index in [1.54, 1.807) is 4.90 Å². The van der Waals surface area contributed by atoms with E-state index in [1.807, 2.05) is 6.92 Å². The van der Waals surface area contributed by atoms with Crippen LogP contribution in [-0.2, 0) is 0 Å². The second kappa shape index (κ2) is 6.26. The number of rotatable bonds is 3. The molecule has 1 aromatic rings. The van der Waals surface area contributed by atoms with Crippen molar-refractivity contribution in [2.24, 2.45) is 0 Å². The van der Waals surface area contributed by atoms with E-state index >= 15 is 0 Å². The van der Waals surface area contributed by atoms with Gasteiger partial charge in [-0.1, -0.05) is 6.92 Å². The lowest BCUT2D eigenvalue weighted by atomic mass is 10.0. The number of benzene rings is 1. The highest BCUT2D eigenvalue weighted by atomic mass is 19.2. The van der Waals surface area contributed by atoms with Gasteiger partial charge in [-0.25, -0.2) is 13.2 Å². The molecule has 1 N–H and O–H groups in total. The molecule has 0 bridgehead atoms. The molecule has 1 amide bonds. The van der Waals surface area contributed by atoms with E-state index in [2.05, 4.69) is 5.32 Å². The Bertz CT molecular complexity index is 482. The van der Waals surface area contributed by atoms with Gasteiger partial charge in [-0.05, 0) is 31.5 Å². The third-order valence-corrected chi connectivity index (χ3v) is 3.43. The van der Waals surface area contributed by atoms with Crippen LogP contribution in [0.5, 0.6) is 0 Å². The third kappa shape index (κ3) is 3.12. The molecular weight excluding hydrogens is 269 g/mol. The fraction of sp³-hybridized carbons (Fsp3) is 0.500. The van der Waals surface area contributed by atoms with E-state index < -0.39 is 23.4 Å². The minimum Gasteiger partial charge on any atom is -0.337 e. The molecule has 0 aliphatic carbocycles. The summed E-state index contributed by atoms with van der Waals surface area (Å²) in [5.41, 5.74) is -0.154. The summed E-state index contributed by atoms with van der Waals surface area (Å²) in [5, 5.41) is 3.25. The van der Waals surface area contributed by atoms with Crippen LogP contribution in [0.1, 0.15) is 30.1 Å². The van der Waals surface area contributed by atoms with E-state index in [0.717, 1.165) is 31.5 Å². The number of carbonyl (C=O) groups is 1. The van der Waals surface area contributed by atoms with Gasteiger partial charge < -0.3 is 10.2 Å². The summed E-state index contributed by atoms with van der Waals surface area (Å²) in [7, 11) is 0. The molecule has 0 aromatic heterocycles. The average Bonchev–Trinajstić information content (AvgIpc) is 2.44. The van der Waals surface area contributed by atoms with Gasteiger partial charge in [-0.15, -0.1) is 0 Å². The zero-order chi connectivity index (χ0) is 14.7. The van der Waals surface area contributed by atoms with Gasteiger partial charge in [0.15, 0.2) is 17.5 Å². The minimum absolute atomic E-state index is 0.154. The largest absolute Gasteiger partial charge is 0.337 e. The number of hydrogen-bond donors (Lipinski definition) is 1. The Morgan fingerprint density at radius 3 is 2.60 bits per heavy atom. The maximum atomic E-state index is 13.2. The molecule has 20 heavy (non-hydrogen) atoms. The van der Waals surface area contributed by atoms with E-state index in [1.165, 1.54) is 0 Å². The second-order valence-corrected chi connectivity index (χ2v) is 4.90. The Morgan fingerprint density at radius 1 is 1.35 bits per heavy atom. The van der Waals surface area contributed by atoms with Crippen LogP contribution in [0.4, 0.5) is 13.2 Å². The van der Waals surface area contributed by atoms with Crippen LogP contribution < -0.4 is 5.32 Å². The monoisotopic (exact) mass is 286 g/mol. The van der Waals surface area contributed by atoms with Crippen LogP contribution in [-0.4, -0.2) is 36.5 Å². The van der Waals surface area contributed by atoms with Crippen LogP contribution in [0.15, 0.2) is 12.1 Å². The maximum Gasteiger partial charge on any atom is 0.254 e. The Morgan fingerprint density at radius 2 is 2.00 bits per heavy atom. The Kier molecular flexibility index (Phi) is 4.65. The van der Waals surface area contributed by atoms with E-state index in [4.69, 9.17) is 0 Å². The lowest BCUT2D eigenvalue weighted by Gasteiger charge is -2.33. The molecule has 1 fully saturated rings. The first-order valence-electron chi connectivity index (χ1n) is 6.70. The second-order valence-electron chi connectivity index (χ2n) is 4.90. The molecule has 2 rings (SSSR count). The number of nitrogens with zero attached hydrogens (tertiary/aromatic N) is 1. The van der Waals surface area contributed by atoms with Gasteiger partial charge in [0.2, 0.25) is 0 Å². The Balaban J connectivity index is 2.14. The minimum atomic E-state index is -1.55. The molecule has 110 valence electrons. The van der Waals surface area contributed by atoms with E-state index in [-0.39, 0.29) is 11.6 Å². The predicted octanol–water partition coefficient (Wildman–Crippen LogP) is 2.32. The SMILES string of the molecule is CCNC1CCCN(C(=O)c2cc(F)c(F)c(F)c2)C1. The highest BCUT2D eigenvalue weighted by Gasteiger charge is 2.25. The van der Waals surface area contributed by atoms with Crippen molar-refractivity contribution < 1.29 is 18.0 Å². The molecule has 0 saturated carbocycles. The molecule has 1 atom stereocenters. The fourth-order valence-corrected chi connectivity index (χ4v) is 2.48. The molecule has 0 radical (unpaired) electrons. The quantitative estimate of drug-likeness (QED) is 0.865. The van der Waals surface area contributed by atoms with Gasteiger partial charge >= 0.3 is 0 Å². The summed E-state index contributed by atoms with van der Waals surface area (Å²) in [6.45, 7) is 3.81. The van der Waals surface area contributed by atoms with Crippen LogP contribution in [0.25, 0.3) is 0 Å². The average molecular weight is 286 g/mol. The van der Waals surface area contributed by atoms with Crippen molar-refractivity contribution >= 4 is 5.91 Å². The zero-order valence-corrected chi connectivity index (χ0v) is 11.3. The zero-order valence-electron chi connectivity index (χ0n) is 11.3. The number of halogens is 3. The van der Waals surface area contributed by atoms with Crippen LogP contribution in [0.2, 0.25) is 0 Å². The van der Waals surface area contributed by atoms with Gasteiger partial charge in [0.1, 0.15) is 0 Å². The highest BCUT2D eigenvalue weighted by Crippen LogP contribution is 2.18. The van der Waals surface area contributed by atoms with Crippen molar-refractivity contribution in [2.45, 2.75) is 25.8 Å². The number of hydrogen-bond acceptors (Lipinski definition) is 2. The lowest BCUT2D eigenvalue weighted by molar-refractivity contribution is 0.0694. The van der Waals surface area contributed by atoms with Crippen molar-refractivity contribution in [3.05, 3.63) is 35.1 Å². The summed E-state index contributed by atoms with van der Waals surface area (Å²) >= 11 is 0. The summed E-state index contributed by atoms with van der Waals surface area (Å²) < 4.78 is 39.2. The third-order valence-electron chi connectivity index (χ3n) is 3.43. The van der Waals surface area contributed by atoms with Gasteiger partial charge in [-0.2, -0.15) is 0 Å². The standard InChI is InChI=1S/C14H17F3N2O/c1-2-18-10-4-3-5-19(8-10)14(20)9-6-11(15)13(17)12(16)7-9/h6-7,10,18H,2-5,8H2,1H3. The normalized spacial score (nSPS) is 19.2. The molecule has 1 unspecified atom stereocenters. The summed E-state index contributed by atoms with van der Waals surface area (Å²) in [4.78, 5) is 13.8. The molecule has 1 aliphatic heterocycles. The summed E-state index contributed by atoms with van der Waals surface area (Å²) in [6, 6.07) is 1.68. The Hall–Kier alpha value is -1.56. The van der Waals surface area contributed by atoms with Crippen LogP contribution >= 0.6 is 0 Å². The topological polar surface area (TPSA) is 32.3 Å². The molecule has 0 spiro atoms. The highest BCUT2D eigenvalue weighted by molar-refractivity contribution is 5.94. The molecule has 1 aliphatic rings. The van der Waals surface area contributed by atoms with Crippen molar-refractivity contribution in [1.82, 2.24) is 10.2 Å². The molecule has 1 heterocycles. The number of carbonyl (C=O) groups excluding carboxylic acids is 1. The number of likely N-dealkylation sites (N-methyl/N-ethyl adjacent to an activating group) is 1. The molecule has 1 aromatic carbocycles. The van der Waals surface area contributed by atoms with Crippen molar-refractivity contribution in [2.75, 3.05) is 19.6 Å². The van der Waals surface area contributed by atoms with Crippen molar-refractivity contribution in [3.8, 4) is 0 Å². The first-order chi connectivity index (χ1) is 9.52. The summed E-state index contributed by atoms with van der Waals surface area (Å²) in [5.74, 6) is -4.70. The van der Waals surface area contributed by atoms with Gasteiger partial charge in [0.05, 0.1) is 0 Å². The smallest absolute Gasteiger partial charge is 0.254 e. The first kappa shape index (κ1) is 14.8. The summed E-state index contributed by atoms with van der Waals surface area (Å²) in [6.07, 6.45) is 1.79. The van der Waals surface area contributed by atoms with Crippen molar-refractivity contribution in [3.63, 3.8) is 0 Å². The lowest BCUT2D eigenvalue weighted by Crippen LogP contribution is -2.48. The molecule has 6 heteroatoms. The molecule has 1 saturated heterocycles. The van der Waals surface area contributed by atoms with Crippen LogP contribution in [0, 0.1) is 17.5 Å². The van der Waals surface area contributed by atoms with Gasteiger partial charge in [0, 0.05) is 24.7 Å². The van der Waals surface area contributed by atoms with Crippen molar-refractivity contribution in [1.29, 1.82) is 0 Å². The number of amides is 1. The fourth-order valence-electron chi connectivity index (χ4n) is 2.48. The maximum absolute atomic E-state index is 13.2. The first-order valence-corrected chi connectivity index (χ1v) is 6.70. The van der Waals surface area contributed by atoms with Gasteiger partial charge in [-0.3, -0.25) is 4.79 Å². The predicted molar refractivity (Wildman–Crippen MR) is 68.9 cm³/mol. The number of likely N-dealkylation sites (tertiary alicyclic amines) is 1. The Labute approximate surface area is 115 Å². The number of nitrogens with one attached hydrogen (secondary N) is 1. The van der Waals surface area contributed by atoms with E-state index in [9.17, 15) is 18.0 Å². The number of piperidine rings is 1. The van der Waals surface area contributed by atoms with Gasteiger partial charge in [0.25, 0.3) is 5.91 Å².